The lowest BCUT2D eigenvalue weighted by Crippen LogP contribution is -2.56. The van der Waals surface area contributed by atoms with Crippen molar-refractivity contribution in [3.63, 3.8) is 0 Å². The summed E-state index contributed by atoms with van der Waals surface area (Å²) in [4.78, 5) is 45.0. The molecular weight excluding hydrogens is 502 g/mol. The molecular formula is C27H31N7O3S. The van der Waals surface area contributed by atoms with E-state index < -0.39 is 6.10 Å². The van der Waals surface area contributed by atoms with Crippen LogP contribution < -0.4 is 5.32 Å². The second kappa shape index (κ2) is 10.4. The van der Waals surface area contributed by atoms with Crippen molar-refractivity contribution in [2.45, 2.75) is 44.5 Å². The number of aliphatic hydroxyl groups excluding tert-OH is 1. The van der Waals surface area contributed by atoms with Crippen molar-refractivity contribution in [2.75, 3.05) is 38.0 Å². The quantitative estimate of drug-likeness (QED) is 0.511. The van der Waals surface area contributed by atoms with Crippen LogP contribution in [0.25, 0.3) is 10.7 Å². The number of fused-ring (bicyclic) bond motifs is 1. The Balaban J connectivity index is 1.16. The van der Waals surface area contributed by atoms with Crippen molar-refractivity contribution in [1.29, 1.82) is 0 Å². The van der Waals surface area contributed by atoms with Gasteiger partial charge in [-0.3, -0.25) is 19.5 Å². The molecule has 2 N–H and O–H groups in total. The predicted molar refractivity (Wildman–Crippen MR) is 144 cm³/mol. The lowest BCUT2D eigenvalue weighted by Gasteiger charge is -2.43. The molecule has 11 heteroatoms. The fourth-order valence-corrected chi connectivity index (χ4v) is 6.15. The second-order valence-electron chi connectivity index (χ2n) is 10.3. The highest BCUT2D eigenvalue weighted by Gasteiger charge is 2.36. The van der Waals surface area contributed by atoms with Gasteiger partial charge in [0.1, 0.15) is 11.5 Å². The first-order chi connectivity index (χ1) is 18.4. The standard InChI is InChI=1S/C27H31N7O3S/c1-17(35)34-13-20(14-34)29-25-10-21(30-26(31-25)24-11-28-16-38-24)27(37)33-9-7-22(23(36)15-33)32-8-6-18-4-2-3-5-19(18)12-32/h2-5,10-11,16,20,22-23,36H,6-9,12-15H2,1H3,(H,29,30,31)/t22-,23-/m1/s1. The zero-order valence-electron chi connectivity index (χ0n) is 21.3. The summed E-state index contributed by atoms with van der Waals surface area (Å²) >= 11 is 1.41. The summed E-state index contributed by atoms with van der Waals surface area (Å²) in [5.74, 6) is 0.803. The maximum atomic E-state index is 13.6. The molecule has 5 heterocycles. The molecule has 0 radical (unpaired) electrons. The van der Waals surface area contributed by atoms with Gasteiger partial charge in [0, 0.05) is 64.5 Å². The Morgan fingerprint density at radius 1 is 1.08 bits per heavy atom. The minimum Gasteiger partial charge on any atom is -0.390 e. The van der Waals surface area contributed by atoms with Gasteiger partial charge in [-0.1, -0.05) is 24.3 Å². The van der Waals surface area contributed by atoms with Gasteiger partial charge in [0.25, 0.3) is 5.91 Å². The molecule has 38 heavy (non-hydrogen) atoms. The smallest absolute Gasteiger partial charge is 0.272 e. The van der Waals surface area contributed by atoms with Crippen molar-refractivity contribution < 1.29 is 14.7 Å². The Labute approximate surface area is 225 Å². The number of aliphatic hydroxyl groups is 1. The Morgan fingerprint density at radius 2 is 1.89 bits per heavy atom. The lowest BCUT2D eigenvalue weighted by molar-refractivity contribution is -0.132. The van der Waals surface area contributed by atoms with Crippen LogP contribution in [0, 0.1) is 0 Å². The zero-order chi connectivity index (χ0) is 26.2. The number of amides is 2. The molecule has 2 atom stereocenters. The van der Waals surface area contributed by atoms with Crippen LogP contribution in [0.5, 0.6) is 0 Å². The number of carbonyl (C=O) groups is 2. The number of thiazole rings is 1. The first-order valence-electron chi connectivity index (χ1n) is 13.0. The van der Waals surface area contributed by atoms with Crippen LogP contribution in [0.15, 0.2) is 42.0 Å². The highest BCUT2D eigenvalue weighted by atomic mass is 32.1. The average Bonchev–Trinajstić information content (AvgIpc) is 3.45. The lowest BCUT2D eigenvalue weighted by atomic mass is 9.94. The largest absolute Gasteiger partial charge is 0.390 e. The normalized spacial score (nSPS) is 22.1. The van der Waals surface area contributed by atoms with E-state index in [9.17, 15) is 14.7 Å². The number of hydrogen-bond acceptors (Lipinski definition) is 9. The Morgan fingerprint density at radius 3 is 2.63 bits per heavy atom. The van der Waals surface area contributed by atoms with Crippen LogP contribution in [0.1, 0.15) is 35.0 Å². The van der Waals surface area contributed by atoms with Crippen LogP contribution >= 0.6 is 11.3 Å². The molecule has 2 fully saturated rings. The number of aromatic nitrogens is 3. The number of rotatable bonds is 5. The number of carbonyl (C=O) groups excluding carboxylic acids is 2. The Bertz CT molecular complexity index is 1330. The SMILES string of the molecule is CC(=O)N1CC(Nc2cc(C(=O)N3CC[C@@H](N4CCc5ccccc5C4)[C@H](O)C3)nc(-c3cncs3)n2)C1. The van der Waals surface area contributed by atoms with E-state index in [2.05, 4.69) is 49.4 Å². The van der Waals surface area contributed by atoms with Gasteiger partial charge < -0.3 is 20.2 Å². The molecule has 0 aliphatic carbocycles. The molecule has 0 saturated carbocycles. The van der Waals surface area contributed by atoms with Crippen LogP contribution in [0.3, 0.4) is 0 Å². The van der Waals surface area contributed by atoms with Gasteiger partial charge in [-0.25, -0.2) is 9.97 Å². The summed E-state index contributed by atoms with van der Waals surface area (Å²) < 4.78 is 0. The third kappa shape index (κ3) is 5.01. The van der Waals surface area contributed by atoms with Crippen LogP contribution in [-0.2, 0) is 17.8 Å². The number of benzene rings is 1. The molecule has 0 unspecified atom stereocenters. The fraction of sp³-hybridized carbons (Fsp3) is 0.444. The molecule has 0 spiro atoms. The molecule has 2 amide bonds. The average molecular weight is 534 g/mol. The summed E-state index contributed by atoms with van der Waals surface area (Å²) in [6.07, 6.45) is 2.73. The summed E-state index contributed by atoms with van der Waals surface area (Å²) in [6.45, 7) is 5.30. The van der Waals surface area contributed by atoms with E-state index in [1.165, 1.54) is 22.5 Å². The highest BCUT2D eigenvalue weighted by Crippen LogP contribution is 2.27. The van der Waals surface area contributed by atoms with Crippen molar-refractivity contribution in [1.82, 2.24) is 29.7 Å². The molecule has 6 rings (SSSR count). The Hall–Kier alpha value is -3.41. The summed E-state index contributed by atoms with van der Waals surface area (Å²) in [7, 11) is 0. The Kier molecular flexibility index (Phi) is 6.81. The number of hydrogen-bond donors (Lipinski definition) is 2. The molecule has 2 aromatic heterocycles. The fourth-order valence-electron chi connectivity index (χ4n) is 5.60. The summed E-state index contributed by atoms with van der Waals surface area (Å²) in [5, 5.41) is 14.4. The summed E-state index contributed by atoms with van der Waals surface area (Å²) in [6, 6.07) is 10.2. The topological polar surface area (TPSA) is 115 Å². The third-order valence-corrected chi connectivity index (χ3v) is 8.51. The van der Waals surface area contributed by atoms with E-state index in [4.69, 9.17) is 0 Å². The van der Waals surface area contributed by atoms with Crippen LogP contribution in [0.4, 0.5) is 5.82 Å². The van der Waals surface area contributed by atoms with Gasteiger partial charge in [-0.15, -0.1) is 11.3 Å². The number of piperidine rings is 1. The van der Waals surface area contributed by atoms with E-state index in [1.807, 2.05) is 0 Å². The van der Waals surface area contributed by atoms with E-state index in [1.54, 1.807) is 34.5 Å². The number of anilines is 1. The number of likely N-dealkylation sites (tertiary alicyclic amines) is 2. The molecule has 0 bridgehead atoms. The van der Waals surface area contributed by atoms with Crippen molar-refractivity contribution in [3.8, 4) is 10.7 Å². The van der Waals surface area contributed by atoms with E-state index in [-0.39, 0.29) is 36.1 Å². The van der Waals surface area contributed by atoms with Crippen molar-refractivity contribution in [3.05, 3.63) is 58.9 Å². The van der Waals surface area contributed by atoms with Gasteiger partial charge in [-0.05, 0) is 24.0 Å². The number of nitrogens with zero attached hydrogens (tertiary/aromatic N) is 6. The number of nitrogens with one attached hydrogen (secondary N) is 1. The van der Waals surface area contributed by atoms with Crippen molar-refractivity contribution >= 4 is 29.0 Å². The molecule has 3 aliphatic heterocycles. The first kappa shape index (κ1) is 24.9. The summed E-state index contributed by atoms with van der Waals surface area (Å²) in [5.41, 5.74) is 4.69. The van der Waals surface area contributed by atoms with E-state index >= 15 is 0 Å². The molecule has 1 aromatic carbocycles. The van der Waals surface area contributed by atoms with Gasteiger partial charge in [0.2, 0.25) is 5.91 Å². The highest BCUT2D eigenvalue weighted by molar-refractivity contribution is 7.13. The van der Waals surface area contributed by atoms with Crippen LogP contribution in [0.2, 0.25) is 0 Å². The first-order valence-corrected chi connectivity index (χ1v) is 13.9. The van der Waals surface area contributed by atoms with E-state index in [0.717, 1.165) is 24.4 Å². The third-order valence-electron chi connectivity index (χ3n) is 7.74. The number of β-amino-alcohol motifs (C(OH)–C–C–N with tert-alkyl or cyclic N) is 1. The molecule has 2 saturated heterocycles. The predicted octanol–water partition coefficient (Wildman–Crippen LogP) is 1.88. The minimum absolute atomic E-state index is 0.0191. The van der Waals surface area contributed by atoms with Crippen LogP contribution in [-0.4, -0.2) is 97.5 Å². The molecule has 10 nitrogen and oxygen atoms in total. The second-order valence-corrected chi connectivity index (χ2v) is 11.1. The van der Waals surface area contributed by atoms with Crippen molar-refractivity contribution in [2.24, 2.45) is 0 Å². The van der Waals surface area contributed by atoms with Gasteiger partial charge in [0.05, 0.1) is 22.5 Å². The molecule has 3 aromatic rings. The maximum absolute atomic E-state index is 13.6. The van der Waals surface area contributed by atoms with Gasteiger partial charge >= 0.3 is 0 Å². The molecule has 3 aliphatic rings. The van der Waals surface area contributed by atoms with Gasteiger partial charge in [0.15, 0.2) is 5.82 Å². The maximum Gasteiger partial charge on any atom is 0.272 e. The van der Waals surface area contributed by atoms with Gasteiger partial charge in [-0.2, -0.15) is 0 Å². The zero-order valence-corrected chi connectivity index (χ0v) is 22.1. The molecule has 198 valence electrons. The monoisotopic (exact) mass is 533 g/mol. The van der Waals surface area contributed by atoms with E-state index in [0.29, 0.717) is 37.7 Å². The minimum atomic E-state index is -0.633.